The molecule has 4 rings (SSSR count). The fraction of sp³-hybridized carbons (Fsp3) is 0.381. The van der Waals surface area contributed by atoms with E-state index in [0.717, 1.165) is 23.1 Å². The second kappa shape index (κ2) is 7.72. The second-order valence-corrected chi connectivity index (χ2v) is 7.95. The van der Waals surface area contributed by atoms with Gasteiger partial charge in [0.2, 0.25) is 5.91 Å². The molecule has 0 radical (unpaired) electrons. The predicted molar refractivity (Wildman–Crippen MR) is 109 cm³/mol. The van der Waals surface area contributed by atoms with Gasteiger partial charge in [-0.15, -0.1) is 10.2 Å². The van der Waals surface area contributed by atoms with Crippen LogP contribution in [0.5, 0.6) is 0 Å². The van der Waals surface area contributed by atoms with Gasteiger partial charge < -0.3 is 9.88 Å². The zero-order valence-corrected chi connectivity index (χ0v) is 16.5. The van der Waals surface area contributed by atoms with Crippen molar-refractivity contribution in [2.75, 3.05) is 5.75 Å². The number of amides is 1. The molecule has 1 aromatic heterocycles. The summed E-state index contributed by atoms with van der Waals surface area (Å²) in [5.74, 6) is 1.99. The number of thioether (sulfide) groups is 1. The lowest BCUT2D eigenvalue weighted by Crippen LogP contribution is -2.28. The van der Waals surface area contributed by atoms with E-state index in [-0.39, 0.29) is 11.9 Å². The zero-order valence-electron chi connectivity index (χ0n) is 15.7. The average molecular weight is 381 g/mol. The summed E-state index contributed by atoms with van der Waals surface area (Å²) < 4.78 is 2.14. The molecule has 5 nitrogen and oxygen atoms in total. The topological polar surface area (TPSA) is 59.8 Å². The van der Waals surface area contributed by atoms with Crippen molar-refractivity contribution in [3.05, 3.63) is 53.9 Å². The molecule has 1 fully saturated rings. The molecule has 3 aromatic rings. The Morgan fingerprint density at radius 1 is 1.22 bits per heavy atom. The maximum Gasteiger partial charge on any atom is 0.230 e. The van der Waals surface area contributed by atoms with Gasteiger partial charge in [-0.2, -0.15) is 0 Å². The number of benzene rings is 2. The van der Waals surface area contributed by atoms with Crippen LogP contribution in [0.25, 0.3) is 10.8 Å². The molecule has 1 saturated carbocycles. The fourth-order valence-corrected chi connectivity index (χ4v) is 4.29. The Labute approximate surface area is 163 Å². The summed E-state index contributed by atoms with van der Waals surface area (Å²) in [5.41, 5.74) is 1.14. The van der Waals surface area contributed by atoms with E-state index < -0.39 is 0 Å². The summed E-state index contributed by atoms with van der Waals surface area (Å²) in [6, 6.07) is 14.4. The van der Waals surface area contributed by atoms with Gasteiger partial charge in [-0.3, -0.25) is 4.79 Å². The van der Waals surface area contributed by atoms with Crippen LogP contribution in [0.15, 0.2) is 47.6 Å². The summed E-state index contributed by atoms with van der Waals surface area (Å²) in [6.07, 6.45) is 2.40. The first-order chi connectivity index (χ1) is 13.2. The van der Waals surface area contributed by atoms with Crippen LogP contribution in [-0.4, -0.2) is 26.4 Å². The third kappa shape index (κ3) is 3.86. The van der Waals surface area contributed by atoms with Crippen LogP contribution in [0.1, 0.15) is 50.0 Å². The van der Waals surface area contributed by atoms with Crippen molar-refractivity contribution in [1.82, 2.24) is 20.1 Å². The molecular formula is C21H24N4OS. The monoisotopic (exact) mass is 380 g/mol. The molecule has 0 aliphatic heterocycles. The molecular weight excluding hydrogens is 356 g/mol. The fourth-order valence-electron chi connectivity index (χ4n) is 3.47. The van der Waals surface area contributed by atoms with Gasteiger partial charge in [0, 0.05) is 12.5 Å². The molecule has 1 heterocycles. The highest BCUT2D eigenvalue weighted by molar-refractivity contribution is 7.99. The molecule has 140 valence electrons. The number of hydrogen-bond donors (Lipinski definition) is 1. The minimum absolute atomic E-state index is 0.0130. The van der Waals surface area contributed by atoms with Crippen LogP contribution in [-0.2, 0) is 11.3 Å². The number of rotatable bonds is 7. The van der Waals surface area contributed by atoms with E-state index in [9.17, 15) is 4.79 Å². The van der Waals surface area contributed by atoms with Crippen LogP contribution in [0, 0.1) is 0 Å². The summed E-state index contributed by atoms with van der Waals surface area (Å²) in [7, 11) is 0. The molecule has 2 aromatic carbocycles. The summed E-state index contributed by atoms with van der Waals surface area (Å²) >= 11 is 1.46. The lowest BCUT2D eigenvalue weighted by molar-refractivity contribution is -0.119. The van der Waals surface area contributed by atoms with Crippen LogP contribution < -0.4 is 5.32 Å². The minimum atomic E-state index is -0.0460. The molecule has 1 aliphatic carbocycles. The SMILES string of the molecule is CCn1c(SCC(=O)N[C@@H](C)c2cccc3ccccc23)nnc1C1CC1. The van der Waals surface area contributed by atoms with Crippen LogP contribution in [0.2, 0.25) is 0 Å². The first-order valence-corrected chi connectivity index (χ1v) is 10.5. The van der Waals surface area contributed by atoms with Gasteiger partial charge in [0.1, 0.15) is 5.82 Å². The first-order valence-electron chi connectivity index (χ1n) is 9.50. The van der Waals surface area contributed by atoms with Crippen LogP contribution in [0.4, 0.5) is 0 Å². The molecule has 1 amide bonds. The van der Waals surface area contributed by atoms with Gasteiger partial charge in [0.25, 0.3) is 0 Å². The number of hydrogen-bond acceptors (Lipinski definition) is 4. The van der Waals surface area contributed by atoms with Crippen molar-refractivity contribution in [1.29, 1.82) is 0 Å². The van der Waals surface area contributed by atoms with E-state index in [0.29, 0.717) is 11.7 Å². The lowest BCUT2D eigenvalue weighted by Gasteiger charge is -2.16. The molecule has 0 spiro atoms. The largest absolute Gasteiger partial charge is 0.349 e. The Morgan fingerprint density at radius 3 is 2.78 bits per heavy atom. The number of nitrogens with one attached hydrogen (secondary N) is 1. The average Bonchev–Trinajstić information content (AvgIpc) is 3.45. The van der Waals surface area contributed by atoms with E-state index in [2.05, 4.69) is 51.3 Å². The Balaban J connectivity index is 1.41. The molecule has 0 unspecified atom stereocenters. The van der Waals surface area contributed by atoms with Gasteiger partial charge in [-0.1, -0.05) is 54.2 Å². The van der Waals surface area contributed by atoms with Crippen molar-refractivity contribution in [3.8, 4) is 0 Å². The molecule has 0 saturated heterocycles. The van der Waals surface area contributed by atoms with Crippen molar-refractivity contribution in [2.45, 2.75) is 50.4 Å². The molecule has 6 heteroatoms. The van der Waals surface area contributed by atoms with E-state index in [4.69, 9.17) is 0 Å². The molecule has 0 bridgehead atoms. The maximum absolute atomic E-state index is 12.5. The Hall–Kier alpha value is -2.34. The number of carbonyl (C=O) groups is 1. The lowest BCUT2D eigenvalue weighted by atomic mass is 10.00. The number of nitrogens with zero attached hydrogens (tertiary/aromatic N) is 3. The molecule has 1 N–H and O–H groups in total. The van der Waals surface area contributed by atoms with Crippen molar-refractivity contribution < 1.29 is 4.79 Å². The third-order valence-corrected chi connectivity index (χ3v) is 5.97. The predicted octanol–water partition coefficient (Wildman–Crippen LogP) is 4.30. The van der Waals surface area contributed by atoms with Crippen LogP contribution >= 0.6 is 11.8 Å². The quantitative estimate of drug-likeness (QED) is 0.621. The molecule has 1 aliphatic rings. The van der Waals surface area contributed by atoms with Gasteiger partial charge in [0.15, 0.2) is 5.16 Å². The minimum Gasteiger partial charge on any atom is -0.349 e. The first kappa shape index (κ1) is 18.0. The Morgan fingerprint density at radius 2 is 2.00 bits per heavy atom. The third-order valence-electron chi connectivity index (χ3n) is 5.00. The second-order valence-electron chi connectivity index (χ2n) is 7.01. The maximum atomic E-state index is 12.5. The Bertz CT molecular complexity index is 958. The number of fused-ring (bicyclic) bond motifs is 1. The zero-order chi connectivity index (χ0) is 18.8. The number of carbonyl (C=O) groups excluding carboxylic acids is 1. The van der Waals surface area contributed by atoms with E-state index in [1.54, 1.807) is 0 Å². The van der Waals surface area contributed by atoms with E-state index >= 15 is 0 Å². The Kier molecular flexibility index (Phi) is 5.16. The molecule has 27 heavy (non-hydrogen) atoms. The summed E-state index contributed by atoms with van der Waals surface area (Å²) in [6.45, 7) is 4.97. The van der Waals surface area contributed by atoms with Gasteiger partial charge in [0.05, 0.1) is 11.8 Å². The van der Waals surface area contributed by atoms with Crippen LogP contribution in [0.3, 0.4) is 0 Å². The highest BCUT2D eigenvalue weighted by Gasteiger charge is 2.30. The standard InChI is InChI=1S/C21H24N4OS/c1-3-25-20(16-11-12-16)23-24-21(25)27-13-19(26)22-14(2)17-10-6-8-15-7-4-5-9-18(15)17/h4-10,14,16H,3,11-13H2,1-2H3,(H,22,26)/t14-/m0/s1. The normalized spacial score (nSPS) is 15.0. The highest BCUT2D eigenvalue weighted by atomic mass is 32.2. The van der Waals surface area contributed by atoms with Crippen molar-refractivity contribution in [3.63, 3.8) is 0 Å². The van der Waals surface area contributed by atoms with Gasteiger partial charge in [-0.05, 0) is 43.0 Å². The number of aromatic nitrogens is 3. The molecule has 1 atom stereocenters. The highest BCUT2D eigenvalue weighted by Crippen LogP contribution is 2.40. The van der Waals surface area contributed by atoms with Crippen molar-refractivity contribution >= 4 is 28.4 Å². The van der Waals surface area contributed by atoms with Gasteiger partial charge >= 0.3 is 0 Å². The van der Waals surface area contributed by atoms with E-state index in [1.807, 2.05) is 25.1 Å². The van der Waals surface area contributed by atoms with E-state index in [1.165, 1.54) is 35.4 Å². The van der Waals surface area contributed by atoms with Gasteiger partial charge in [-0.25, -0.2) is 0 Å². The van der Waals surface area contributed by atoms with Crippen molar-refractivity contribution in [2.24, 2.45) is 0 Å². The summed E-state index contributed by atoms with van der Waals surface area (Å²) in [4.78, 5) is 12.5. The smallest absolute Gasteiger partial charge is 0.230 e. The summed E-state index contributed by atoms with van der Waals surface area (Å²) in [5, 5.41) is 15.0.